The molecule has 1 fully saturated rings. The molecule has 2 aromatic carbocycles. The van der Waals surface area contributed by atoms with Gasteiger partial charge in [-0.05, 0) is 30.2 Å². The lowest BCUT2D eigenvalue weighted by Crippen LogP contribution is -2.31. The molecule has 0 amide bonds. The lowest BCUT2D eigenvalue weighted by molar-refractivity contribution is 0.336. The summed E-state index contributed by atoms with van der Waals surface area (Å²) in [7, 11) is 0. The highest BCUT2D eigenvalue weighted by atomic mass is 32.2. The third-order valence-electron chi connectivity index (χ3n) is 4.62. The number of nitrogens with zero attached hydrogens (tertiary/aromatic N) is 1. The van der Waals surface area contributed by atoms with E-state index in [1.54, 1.807) is 0 Å². The average Bonchev–Trinajstić information content (AvgIpc) is 2.55. The fourth-order valence-corrected chi connectivity index (χ4v) is 4.60. The van der Waals surface area contributed by atoms with Gasteiger partial charge in [-0.3, -0.25) is 4.99 Å². The van der Waals surface area contributed by atoms with Crippen LogP contribution in [0.25, 0.3) is 10.8 Å². The van der Waals surface area contributed by atoms with Gasteiger partial charge in [-0.1, -0.05) is 61.0 Å². The Morgan fingerprint density at radius 3 is 2.86 bits per heavy atom. The van der Waals surface area contributed by atoms with Crippen LogP contribution in [0, 0.1) is 5.92 Å². The molecule has 4 rings (SSSR count). The number of fused-ring (bicyclic) bond motifs is 2. The second-order valence-electron chi connectivity index (χ2n) is 6.01. The van der Waals surface area contributed by atoms with Crippen LogP contribution in [0.4, 0.5) is 5.69 Å². The first-order valence-corrected chi connectivity index (χ1v) is 8.84. The van der Waals surface area contributed by atoms with Crippen LogP contribution in [0.15, 0.2) is 47.5 Å². The zero-order valence-corrected chi connectivity index (χ0v) is 12.9. The zero-order valence-electron chi connectivity index (χ0n) is 12.1. The van der Waals surface area contributed by atoms with Crippen LogP contribution in [0.2, 0.25) is 0 Å². The monoisotopic (exact) mass is 296 g/mol. The van der Waals surface area contributed by atoms with E-state index in [9.17, 15) is 0 Å². The summed E-state index contributed by atoms with van der Waals surface area (Å²) in [6, 6.07) is 15.5. The Hall–Kier alpha value is -1.48. The van der Waals surface area contributed by atoms with Gasteiger partial charge in [-0.2, -0.15) is 0 Å². The molecule has 2 unspecified atom stereocenters. The van der Waals surface area contributed by atoms with E-state index in [0.717, 1.165) is 11.1 Å². The molecule has 0 radical (unpaired) electrons. The SMILES string of the molecule is c1ccc2c(NC3=NC4CCCCC4CS3)cccc2c1. The number of rotatable bonds is 1. The Bertz CT molecular complexity index is 674. The van der Waals surface area contributed by atoms with Crippen molar-refractivity contribution in [2.45, 2.75) is 31.7 Å². The first-order valence-electron chi connectivity index (χ1n) is 7.85. The van der Waals surface area contributed by atoms with Gasteiger partial charge in [-0.15, -0.1) is 0 Å². The Morgan fingerprint density at radius 2 is 1.86 bits per heavy atom. The zero-order chi connectivity index (χ0) is 14.1. The van der Waals surface area contributed by atoms with Crippen molar-refractivity contribution in [3.8, 4) is 0 Å². The van der Waals surface area contributed by atoms with Gasteiger partial charge in [0.2, 0.25) is 0 Å². The molecule has 2 aliphatic rings. The van der Waals surface area contributed by atoms with Crippen molar-refractivity contribution in [1.29, 1.82) is 0 Å². The average molecular weight is 296 g/mol. The molecule has 0 spiro atoms. The summed E-state index contributed by atoms with van der Waals surface area (Å²) in [5.74, 6) is 2.03. The van der Waals surface area contributed by atoms with E-state index in [2.05, 4.69) is 47.8 Å². The van der Waals surface area contributed by atoms with Gasteiger partial charge in [0.05, 0.1) is 6.04 Å². The van der Waals surface area contributed by atoms with E-state index in [1.165, 1.54) is 47.9 Å². The molecule has 21 heavy (non-hydrogen) atoms. The highest BCUT2D eigenvalue weighted by Gasteiger charge is 2.29. The molecular weight excluding hydrogens is 276 g/mol. The number of hydrogen-bond acceptors (Lipinski definition) is 3. The van der Waals surface area contributed by atoms with Gasteiger partial charge < -0.3 is 5.32 Å². The lowest BCUT2D eigenvalue weighted by Gasteiger charge is -2.32. The molecule has 0 bridgehead atoms. The number of benzene rings is 2. The van der Waals surface area contributed by atoms with Gasteiger partial charge in [0, 0.05) is 16.8 Å². The molecule has 1 saturated carbocycles. The maximum Gasteiger partial charge on any atom is 0.161 e. The summed E-state index contributed by atoms with van der Waals surface area (Å²) in [6.45, 7) is 0. The van der Waals surface area contributed by atoms with Crippen molar-refractivity contribution in [1.82, 2.24) is 0 Å². The molecule has 108 valence electrons. The Labute approximate surface area is 130 Å². The van der Waals surface area contributed by atoms with Crippen LogP contribution in [0.1, 0.15) is 25.7 Å². The van der Waals surface area contributed by atoms with Crippen LogP contribution >= 0.6 is 11.8 Å². The number of nitrogens with one attached hydrogen (secondary N) is 1. The second-order valence-corrected chi connectivity index (χ2v) is 7.02. The minimum absolute atomic E-state index is 0.553. The van der Waals surface area contributed by atoms with Gasteiger partial charge in [0.25, 0.3) is 0 Å². The van der Waals surface area contributed by atoms with Crippen molar-refractivity contribution in [2.75, 3.05) is 11.1 Å². The molecule has 1 N–H and O–H groups in total. The molecule has 0 aromatic heterocycles. The topological polar surface area (TPSA) is 24.4 Å². The minimum atomic E-state index is 0.553. The normalized spacial score (nSPS) is 25.2. The van der Waals surface area contributed by atoms with E-state index < -0.39 is 0 Å². The quantitative estimate of drug-likeness (QED) is 0.808. The summed E-state index contributed by atoms with van der Waals surface area (Å²) < 4.78 is 0. The van der Waals surface area contributed by atoms with Crippen molar-refractivity contribution < 1.29 is 0 Å². The predicted molar refractivity (Wildman–Crippen MR) is 93.2 cm³/mol. The van der Waals surface area contributed by atoms with E-state index in [-0.39, 0.29) is 0 Å². The standard InChI is InChI=1S/C18H20N2S/c1-3-9-15-13(6-1)8-5-11-17(15)20-18-19-16-10-4-2-7-14(16)12-21-18/h1,3,5-6,8-9,11,14,16H,2,4,7,10,12H2,(H,19,20). The Morgan fingerprint density at radius 1 is 1.00 bits per heavy atom. The van der Waals surface area contributed by atoms with Gasteiger partial charge >= 0.3 is 0 Å². The molecule has 1 heterocycles. The van der Waals surface area contributed by atoms with Crippen molar-refractivity contribution in [2.24, 2.45) is 10.9 Å². The lowest BCUT2D eigenvalue weighted by atomic mass is 9.86. The third kappa shape index (κ3) is 2.67. The van der Waals surface area contributed by atoms with E-state index >= 15 is 0 Å². The van der Waals surface area contributed by atoms with E-state index in [0.29, 0.717) is 6.04 Å². The Kier molecular flexibility index (Phi) is 3.60. The fourth-order valence-electron chi connectivity index (χ4n) is 3.44. The number of thioether (sulfide) groups is 1. The van der Waals surface area contributed by atoms with Crippen molar-refractivity contribution >= 4 is 33.4 Å². The Balaban J connectivity index is 1.61. The molecule has 2 atom stereocenters. The van der Waals surface area contributed by atoms with Crippen LogP contribution in [0.3, 0.4) is 0 Å². The minimum Gasteiger partial charge on any atom is -0.334 e. The van der Waals surface area contributed by atoms with Crippen molar-refractivity contribution in [3.63, 3.8) is 0 Å². The van der Waals surface area contributed by atoms with Crippen LogP contribution in [-0.4, -0.2) is 17.0 Å². The highest BCUT2D eigenvalue weighted by molar-refractivity contribution is 8.14. The highest BCUT2D eigenvalue weighted by Crippen LogP contribution is 2.35. The third-order valence-corrected chi connectivity index (χ3v) is 5.69. The van der Waals surface area contributed by atoms with Crippen LogP contribution < -0.4 is 5.32 Å². The van der Waals surface area contributed by atoms with Crippen LogP contribution in [0.5, 0.6) is 0 Å². The van der Waals surface area contributed by atoms with E-state index in [4.69, 9.17) is 4.99 Å². The summed E-state index contributed by atoms with van der Waals surface area (Å²) in [6.07, 6.45) is 5.37. The smallest absolute Gasteiger partial charge is 0.161 e. The molecule has 2 nitrogen and oxygen atoms in total. The number of amidine groups is 1. The first-order chi connectivity index (χ1) is 10.4. The maximum absolute atomic E-state index is 4.97. The largest absolute Gasteiger partial charge is 0.334 e. The summed E-state index contributed by atoms with van der Waals surface area (Å²) in [5.41, 5.74) is 1.17. The first kappa shape index (κ1) is 13.2. The van der Waals surface area contributed by atoms with Crippen LogP contribution in [-0.2, 0) is 0 Å². The number of aliphatic imine (C=N–C) groups is 1. The molecule has 3 heteroatoms. The fraction of sp³-hybridized carbons (Fsp3) is 0.389. The second kappa shape index (κ2) is 5.72. The van der Waals surface area contributed by atoms with Gasteiger partial charge in [0.15, 0.2) is 5.17 Å². The number of hydrogen-bond donors (Lipinski definition) is 1. The van der Waals surface area contributed by atoms with Crippen molar-refractivity contribution in [3.05, 3.63) is 42.5 Å². The maximum atomic E-state index is 4.97. The molecule has 1 aliphatic heterocycles. The van der Waals surface area contributed by atoms with E-state index in [1.807, 2.05) is 11.8 Å². The molecular formula is C18H20N2S. The van der Waals surface area contributed by atoms with Gasteiger partial charge in [-0.25, -0.2) is 0 Å². The number of anilines is 1. The summed E-state index contributed by atoms with van der Waals surface area (Å²) in [4.78, 5) is 4.97. The molecule has 0 saturated heterocycles. The molecule has 1 aliphatic carbocycles. The summed E-state index contributed by atoms with van der Waals surface area (Å²) >= 11 is 1.89. The molecule has 2 aromatic rings. The predicted octanol–water partition coefficient (Wildman–Crippen LogP) is 4.91. The summed E-state index contributed by atoms with van der Waals surface area (Å²) in [5, 5.41) is 7.23. The van der Waals surface area contributed by atoms with Gasteiger partial charge in [0.1, 0.15) is 0 Å².